The van der Waals surface area contributed by atoms with Crippen molar-refractivity contribution in [1.82, 2.24) is 5.32 Å². The van der Waals surface area contributed by atoms with E-state index in [9.17, 15) is 0 Å². The SMILES string of the molecule is CCNC(COCCCC(C)C)c1ccccc1OC. The van der Waals surface area contributed by atoms with Gasteiger partial charge in [-0.1, -0.05) is 39.0 Å². The number of nitrogens with one attached hydrogen (secondary N) is 1. The lowest BCUT2D eigenvalue weighted by Crippen LogP contribution is -2.26. The molecule has 0 saturated heterocycles. The summed E-state index contributed by atoms with van der Waals surface area (Å²) in [5.74, 6) is 1.67. The highest BCUT2D eigenvalue weighted by Crippen LogP contribution is 2.25. The van der Waals surface area contributed by atoms with Crippen molar-refractivity contribution in [1.29, 1.82) is 0 Å². The normalized spacial score (nSPS) is 12.7. The molecule has 0 fully saturated rings. The van der Waals surface area contributed by atoms with E-state index in [0.29, 0.717) is 6.61 Å². The van der Waals surface area contributed by atoms with Crippen LogP contribution in [0.4, 0.5) is 0 Å². The second-order valence-electron chi connectivity index (χ2n) is 5.46. The molecule has 0 bridgehead atoms. The van der Waals surface area contributed by atoms with Crippen LogP contribution >= 0.6 is 0 Å². The zero-order chi connectivity index (χ0) is 14.8. The number of para-hydroxylation sites is 1. The molecule has 1 unspecified atom stereocenters. The first-order valence-corrected chi connectivity index (χ1v) is 7.63. The summed E-state index contributed by atoms with van der Waals surface area (Å²) in [5.41, 5.74) is 1.17. The maximum Gasteiger partial charge on any atom is 0.123 e. The topological polar surface area (TPSA) is 30.5 Å². The summed E-state index contributed by atoms with van der Waals surface area (Å²) in [6, 6.07) is 8.33. The summed E-state index contributed by atoms with van der Waals surface area (Å²) in [5, 5.41) is 3.47. The standard InChI is InChI=1S/C17H29NO2/c1-5-18-16(13-20-12-8-9-14(2)3)15-10-6-7-11-17(15)19-4/h6-7,10-11,14,16,18H,5,8-9,12-13H2,1-4H3. The van der Waals surface area contributed by atoms with E-state index in [2.05, 4.69) is 32.2 Å². The highest BCUT2D eigenvalue weighted by atomic mass is 16.5. The van der Waals surface area contributed by atoms with Gasteiger partial charge in [-0.05, 0) is 31.4 Å². The zero-order valence-corrected chi connectivity index (χ0v) is 13.3. The number of rotatable bonds is 10. The van der Waals surface area contributed by atoms with Gasteiger partial charge in [0, 0.05) is 12.2 Å². The van der Waals surface area contributed by atoms with Crippen LogP contribution in [-0.2, 0) is 4.74 Å². The molecule has 0 spiro atoms. The van der Waals surface area contributed by atoms with E-state index in [1.54, 1.807) is 7.11 Å². The molecule has 0 aliphatic carbocycles. The number of benzene rings is 1. The molecule has 3 nitrogen and oxygen atoms in total. The monoisotopic (exact) mass is 279 g/mol. The molecule has 0 aromatic heterocycles. The minimum Gasteiger partial charge on any atom is -0.496 e. The molecule has 114 valence electrons. The van der Waals surface area contributed by atoms with Crippen molar-refractivity contribution in [3.63, 3.8) is 0 Å². The lowest BCUT2D eigenvalue weighted by molar-refractivity contribution is 0.106. The maximum absolute atomic E-state index is 5.83. The molecular formula is C17H29NO2. The van der Waals surface area contributed by atoms with Crippen LogP contribution in [0.3, 0.4) is 0 Å². The molecule has 1 rings (SSSR count). The number of methoxy groups -OCH3 is 1. The Labute approximate surface area is 123 Å². The largest absolute Gasteiger partial charge is 0.496 e. The minimum atomic E-state index is 0.190. The molecule has 0 saturated carbocycles. The molecule has 0 aliphatic rings. The van der Waals surface area contributed by atoms with Gasteiger partial charge < -0.3 is 14.8 Å². The number of likely N-dealkylation sites (N-methyl/N-ethyl adjacent to an activating group) is 1. The van der Waals surface area contributed by atoms with E-state index in [4.69, 9.17) is 9.47 Å². The van der Waals surface area contributed by atoms with Gasteiger partial charge in [-0.3, -0.25) is 0 Å². The second-order valence-corrected chi connectivity index (χ2v) is 5.46. The summed E-state index contributed by atoms with van der Waals surface area (Å²) in [6.45, 7) is 9.04. The first kappa shape index (κ1) is 17.0. The van der Waals surface area contributed by atoms with Gasteiger partial charge in [0.05, 0.1) is 19.8 Å². The van der Waals surface area contributed by atoms with Crippen molar-refractivity contribution in [2.24, 2.45) is 5.92 Å². The smallest absolute Gasteiger partial charge is 0.123 e. The van der Waals surface area contributed by atoms with Gasteiger partial charge in [0.15, 0.2) is 0 Å². The predicted octanol–water partition coefficient (Wildman–Crippen LogP) is 3.80. The van der Waals surface area contributed by atoms with Crippen molar-refractivity contribution in [3.8, 4) is 5.75 Å². The quantitative estimate of drug-likeness (QED) is 0.661. The first-order valence-electron chi connectivity index (χ1n) is 7.63. The van der Waals surface area contributed by atoms with Crippen LogP contribution in [0.5, 0.6) is 5.75 Å². The van der Waals surface area contributed by atoms with Crippen LogP contribution in [0.2, 0.25) is 0 Å². The van der Waals surface area contributed by atoms with Gasteiger partial charge in [-0.2, -0.15) is 0 Å². The van der Waals surface area contributed by atoms with Crippen LogP contribution in [0.1, 0.15) is 45.2 Å². The van der Waals surface area contributed by atoms with E-state index < -0.39 is 0 Å². The zero-order valence-electron chi connectivity index (χ0n) is 13.3. The summed E-state index contributed by atoms with van der Waals surface area (Å²) >= 11 is 0. The van der Waals surface area contributed by atoms with Crippen molar-refractivity contribution < 1.29 is 9.47 Å². The molecule has 20 heavy (non-hydrogen) atoms. The first-order chi connectivity index (χ1) is 9.69. The van der Waals surface area contributed by atoms with Crippen molar-refractivity contribution in [3.05, 3.63) is 29.8 Å². The van der Waals surface area contributed by atoms with Crippen LogP contribution in [-0.4, -0.2) is 26.9 Å². The van der Waals surface area contributed by atoms with E-state index in [1.165, 1.54) is 12.0 Å². The lowest BCUT2D eigenvalue weighted by atomic mass is 10.1. The number of hydrogen-bond acceptors (Lipinski definition) is 3. The Kier molecular flexibility index (Phi) is 8.31. The molecule has 0 amide bonds. The third-order valence-corrected chi connectivity index (χ3v) is 3.32. The summed E-state index contributed by atoms with van der Waals surface area (Å²) in [7, 11) is 1.71. The van der Waals surface area contributed by atoms with Crippen molar-refractivity contribution in [2.75, 3.05) is 26.9 Å². The highest BCUT2D eigenvalue weighted by molar-refractivity contribution is 5.35. The lowest BCUT2D eigenvalue weighted by Gasteiger charge is -2.20. The Morgan fingerprint density at radius 1 is 1.20 bits per heavy atom. The van der Waals surface area contributed by atoms with E-state index >= 15 is 0 Å². The Bertz CT molecular complexity index is 366. The van der Waals surface area contributed by atoms with Gasteiger partial charge in [-0.25, -0.2) is 0 Å². The van der Waals surface area contributed by atoms with E-state index in [1.807, 2.05) is 18.2 Å². The summed E-state index contributed by atoms with van der Waals surface area (Å²) < 4.78 is 11.3. The van der Waals surface area contributed by atoms with Gasteiger partial charge in [-0.15, -0.1) is 0 Å². The van der Waals surface area contributed by atoms with Crippen molar-refractivity contribution >= 4 is 0 Å². The van der Waals surface area contributed by atoms with Crippen LogP contribution in [0.25, 0.3) is 0 Å². The summed E-state index contributed by atoms with van der Waals surface area (Å²) in [6.07, 6.45) is 2.35. The minimum absolute atomic E-state index is 0.190. The molecule has 1 aromatic carbocycles. The van der Waals surface area contributed by atoms with Gasteiger partial charge in [0.25, 0.3) is 0 Å². The molecule has 0 aliphatic heterocycles. The van der Waals surface area contributed by atoms with Crippen LogP contribution < -0.4 is 10.1 Å². The third kappa shape index (κ3) is 5.93. The maximum atomic E-state index is 5.83. The van der Waals surface area contributed by atoms with E-state index in [0.717, 1.165) is 31.2 Å². The Balaban J connectivity index is 2.51. The molecule has 0 radical (unpaired) electrons. The molecule has 1 atom stereocenters. The average molecular weight is 279 g/mol. The number of ether oxygens (including phenoxy) is 2. The number of hydrogen-bond donors (Lipinski definition) is 1. The highest BCUT2D eigenvalue weighted by Gasteiger charge is 2.14. The fourth-order valence-corrected chi connectivity index (χ4v) is 2.25. The Morgan fingerprint density at radius 2 is 1.95 bits per heavy atom. The fraction of sp³-hybridized carbons (Fsp3) is 0.647. The van der Waals surface area contributed by atoms with Crippen molar-refractivity contribution in [2.45, 2.75) is 39.7 Å². The Morgan fingerprint density at radius 3 is 2.60 bits per heavy atom. The fourth-order valence-electron chi connectivity index (χ4n) is 2.25. The molecule has 1 N–H and O–H groups in total. The van der Waals surface area contributed by atoms with Gasteiger partial charge in [0.2, 0.25) is 0 Å². The van der Waals surface area contributed by atoms with Gasteiger partial charge >= 0.3 is 0 Å². The molecule has 3 heteroatoms. The predicted molar refractivity (Wildman–Crippen MR) is 84.3 cm³/mol. The third-order valence-electron chi connectivity index (χ3n) is 3.32. The Hall–Kier alpha value is -1.06. The van der Waals surface area contributed by atoms with E-state index in [-0.39, 0.29) is 6.04 Å². The molecule has 0 heterocycles. The molecular weight excluding hydrogens is 250 g/mol. The van der Waals surface area contributed by atoms with Gasteiger partial charge in [0.1, 0.15) is 5.75 Å². The summed E-state index contributed by atoms with van der Waals surface area (Å²) in [4.78, 5) is 0. The van der Waals surface area contributed by atoms with Crippen LogP contribution in [0, 0.1) is 5.92 Å². The van der Waals surface area contributed by atoms with Crippen LogP contribution in [0.15, 0.2) is 24.3 Å². The molecule has 1 aromatic rings. The second kappa shape index (κ2) is 9.78. The average Bonchev–Trinajstić information content (AvgIpc) is 2.45.